The van der Waals surface area contributed by atoms with Crippen LogP contribution in [0.4, 0.5) is 17.6 Å². The first-order valence-electron chi connectivity index (χ1n) is 11.9. The molecular formula is C30H28F4O. The second-order valence-corrected chi connectivity index (χ2v) is 8.84. The predicted octanol–water partition coefficient (Wildman–Crippen LogP) is 8.94. The Hall–Kier alpha value is -3.34. The van der Waals surface area contributed by atoms with Crippen LogP contribution in [0.15, 0.2) is 61.2 Å². The van der Waals surface area contributed by atoms with Gasteiger partial charge in [0.25, 0.3) is 0 Å². The lowest BCUT2D eigenvalue weighted by molar-refractivity contribution is 0.314. The lowest BCUT2D eigenvalue weighted by Crippen LogP contribution is -2.13. The predicted molar refractivity (Wildman–Crippen MR) is 133 cm³/mol. The summed E-state index contributed by atoms with van der Waals surface area (Å²) in [5.41, 5.74) is 2.33. The van der Waals surface area contributed by atoms with Crippen molar-refractivity contribution >= 4 is 12.2 Å². The maximum Gasteiger partial charge on any atom is 0.201 e. The summed E-state index contributed by atoms with van der Waals surface area (Å²) in [5.74, 6) is -3.56. The van der Waals surface area contributed by atoms with Gasteiger partial charge in [0.15, 0.2) is 23.2 Å². The number of ether oxygens (including phenoxy) is 1. The summed E-state index contributed by atoms with van der Waals surface area (Å²) >= 11 is 0. The standard InChI is InChI=1S/C30H28F4O/c1-3-19-5-10-21(11-6-19)24-16-17-25(29(33)28(24)32)22-12-7-20(8-13-22)9-14-23-15-18-26(35-4-2)30(34)27(23)31/h3,5-6,9-11,14-18,20,22H,1,4,7-8,12-13H2,2H3/b14-9+. The van der Waals surface area contributed by atoms with Crippen LogP contribution in [-0.2, 0) is 0 Å². The van der Waals surface area contributed by atoms with E-state index in [-0.39, 0.29) is 35.3 Å². The molecule has 0 radical (unpaired) electrons. The van der Waals surface area contributed by atoms with Crippen LogP contribution in [0.3, 0.4) is 0 Å². The smallest absolute Gasteiger partial charge is 0.201 e. The molecule has 3 aromatic carbocycles. The maximum absolute atomic E-state index is 15.0. The van der Waals surface area contributed by atoms with Gasteiger partial charge < -0.3 is 4.74 Å². The fourth-order valence-corrected chi connectivity index (χ4v) is 4.71. The minimum Gasteiger partial charge on any atom is -0.491 e. The summed E-state index contributed by atoms with van der Waals surface area (Å²) in [6.45, 7) is 5.66. The van der Waals surface area contributed by atoms with Crippen molar-refractivity contribution in [2.45, 2.75) is 38.5 Å². The second kappa shape index (κ2) is 10.9. The van der Waals surface area contributed by atoms with Crippen LogP contribution in [0, 0.1) is 29.2 Å². The van der Waals surface area contributed by atoms with Crippen LogP contribution in [0.5, 0.6) is 5.75 Å². The fourth-order valence-electron chi connectivity index (χ4n) is 4.71. The van der Waals surface area contributed by atoms with Gasteiger partial charge in [-0.3, -0.25) is 0 Å². The van der Waals surface area contributed by atoms with Crippen LogP contribution in [0.1, 0.15) is 55.2 Å². The van der Waals surface area contributed by atoms with Gasteiger partial charge in [0.05, 0.1) is 6.61 Å². The molecule has 0 bridgehead atoms. The van der Waals surface area contributed by atoms with Gasteiger partial charge in [0.1, 0.15) is 0 Å². The molecular weight excluding hydrogens is 452 g/mol. The van der Waals surface area contributed by atoms with Crippen LogP contribution < -0.4 is 4.74 Å². The van der Waals surface area contributed by atoms with Crippen LogP contribution >= 0.6 is 0 Å². The number of benzene rings is 3. The highest BCUT2D eigenvalue weighted by Gasteiger charge is 2.26. The summed E-state index contributed by atoms with van der Waals surface area (Å²) in [6, 6.07) is 13.4. The molecule has 5 heteroatoms. The Morgan fingerprint density at radius 2 is 1.54 bits per heavy atom. The van der Waals surface area contributed by atoms with Crippen molar-refractivity contribution in [3.63, 3.8) is 0 Å². The number of rotatable bonds is 7. The van der Waals surface area contributed by atoms with Gasteiger partial charge >= 0.3 is 0 Å². The van der Waals surface area contributed by atoms with Crippen molar-refractivity contribution in [1.29, 1.82) is 0 Å². The quantitative estimate of drug-likeness (QED) is 0.307. The molecule has 0 unspecified atom stereocenters. The summed E-state index contributed by atoms with van der Waals surface area (Å²) in [4.78, 5) is 0. The normalized spacial score (nSPS) is 18.1. The van der Waals surface area contributed by atoms with E-state index in [4.69, 9.17) is 4.74 Å². The van der Waals surface area contributed by atoms with E-state index in [1.807, 2.05) is 18.2 Å². The number of halogens is 4. The molecule has 182 valence electrons. The topological polar surface area (TPSA) is 9.23 Å². The summed E-state index contributed by atoms with van der Waals surface area (Å²) in [6.07, 6.45) is 8.06. The molecule has 0 N–H and O–H groups in total. The molecule has 0 aromatic heterocycles. The minimum atomic E-state index is -0.990. The zero-order chi connectivity index (χ0) is 24.9. The van der Waals surface area contributed by atoms with Crippen molar-refractivity contribution < 1.29 is 22.3 Å². The van der Waals surface area contributed by atoms with Crippen LogP contribution in [0.25, 0.3) is 23.3 Å². The molecule has 0 heterocycles. The molecule has 0 amide bonds. The Labute approximate surface area is 203 Å². The molecule has 1 fully saturated rings. The number of hydrogen-bond donors (Lipinski definition) is 0. The van der Waals surface area contributed by atoms with Crippen molar-refractivity contribution in [3.05, 3.63) is 101 Å². The summed E-state index contributed by atoms with van der Waals surface area (Å²) < 4.78 is 63.4. The molecule has 1 aliphatic rings. The first-order chi connectivity index (χ1) is 16.9. The van der Waals surface area contributed by atoms with E-state index in [0.29, 0.717) is 24.0 Å². The minimum absolute atomic E-state index is 0.0778. The third-order valence-corrected chi connectivity index (χ3v) is 6.71. The lowest BCUT2D eigenvalue weighted by Gasteiger charge is -2.27. The molecule has 1 saturated carbocycles. The van der Waals surface area contributed by atoms with E-state index in [1.54, 1.807) is 43.3 Å². The molecule has 0 atom stereocenters. The Morgan fingerprint density at radius 3 is 2.20 bits per heavy atom. The fraction of sp³-hybridized carbons (Fsp3) is 0.267. The molecule has 35 heavy (non-hydrogen) atoms. The summed E-state index contributed by atoms with van der Waals surface area (Å²) in [5, 5.41) is 0. The van der Waals surface area contributed by atoms with Gasteiger partial charge in [-0.15, -0.1) is 0 Å². The Bertz CT molecular complexity index is 1220. The van der Waals surface area contributed by atoms with Crippen molar-refractivity contribution in [1.82, 2.24) is 0 Å². The molecule has 0 spiro atoms. The molecule has 4 rings (SSSR count). The van der Waals surface area contributed by atoms with Crippen molar-refractivity contribution in [2.24, 2.45) is 5.92 Å². The Kier molecular flexibility index (Phi) is 7.74. The van der Waals surface area contributed by atoms with E-state index < -0.39 is 23.3 Å². The van der Waals surface area contributed by atoms with Crippen molar-refractivity contribution in [2.75, 3.05) is 6.61 Å². The van der Waals surface area contributed by atoms with Crippen LogP contribution in [-0.4, -0.2) is 6.61 Å². The Morgan fingerprint density at radius 1 is 0.829 bits per heavy atom. The monoisotopic (exact) mass is 480 g/mol. The Balaban J connectivity index is 1.43. The largest absolute Gasteiger partial charge is 0.491 e. The van der Waals surface area contributed by atoms with Crippen molar-refractivity contribution in [3.8, 4) is 16.9 Å². The third kappa shape index (κ3) is 5.34. The van der Waals surface area contributed by atoms with E-state index in [9.17, 15) is 13.2 Å². The van der Waals surface area contributed by atoms with Crippen LogP contribution in [0.2, 0.25) is 0 Å². The van der Waals surface area contributed by atoms with Gasteiger partial charge in [-0.05, 0) is 73.3 Å². The zero-order valence-corrected chi connectivity index (χ0v) is 19.7. The van der Waals surface area contributed by atoms with Gasteiger partial charge in [-0.1, -0.05) is 61.2 Å². The van der Waals surface area contributed by atoms with Gasteiger partial charge in [0.2, 0.25) is 5.82 Å². The highest BCUT2D eigenvalue weighted by atomic mass is 19.2. The van der Waals surface area contributed by atoms with E-state index in [1.165, 1.54) is 12.1 Å². The highest BCUT2D eigenvalue weighted by molar-refractivity contribution is 5.66. The molecule has 0 saturated heterocycles. The lowest BCUT2D eigenvalue weighted by atomic mass is 9.78. The average Bonchev–Trinajstić information content (AvgIpc) is 2.88. The SMILES string of the molecule is C=Cc1ccc(-c2ccc(C3CCC(/C=C/c4ccc(OCC)c(F)c4F)CC3)c(F)c2F)cc1. The van der Waals surface area contributed by atoms with Gasteiger partial charge in [-0.25, -0.2) is 13.2 Å². The van der Waals surface area contributed by atoms with Gasteiger partial charge in [0, 0.05) is 11.1 Å². The van der Waals surface area contributed by atoms with E-state index in [2.05, 4.69) is 6.58 Å². The molecule has 0 aliphatic heterocycles. The zero-order valence-electron chi connectivity index (χ0n) is 19.7. The first-order valence-corrected chi connectivity index (χ1v) is 11.9. The molecule has 3 aromatic rings. The molecule has 1 aliphatic carbocycles. The van der Waals surface area contributed by atoms with Gasteiger partial charge in [-0.2, -0.15) is 4.39 Å². The van der Waals surface area contributed by atoms with E-state index in [0.717, 1.165) is 18.4 Å². The average molecular weight is 481 g/mol. The maximum atomic E-state index is 15.0. The summed E-state index contributed by atoms with van der Waals surface area (Å²) in [7, 11) is 0. The second-order valence-electron chi connectivity index (χ2n) is 8.84. The third-order valence-electron chi connectivity index (χ3n) is 6.71. The molecule has 1 nitrogen and oxygen atoms in total. The number of allylic oxidation sites excluding steroid dienone is 1. The first kappa shape index (κ1) is 24.8. The number of hydrogen-bond acceptors (Lipinski definition) is 1. The van der Waals surface area contributed by atoms with E-state index >= 15 is 4.39 Å². The highest BCUT2D eigenvalue weighted by Crippen LogP contribution is 2.39.